The monoisotopic (exact) mass is 158 g/mol. The first kappa shape index (κ1) is 11.0. The van der Waals surface area contributed by atoms with Crippen molar-refractivity contribution in [2.24, 2.45) is 11.8 Å². The van der Waals surface area contributed by atoms with Gasteiger partial charge in [0.15, 0.2) is 0 Å². The van der Waals surface area contributed by atoms with Crippen LogP contribution in [0, 0.1) is 11.8 Å². The molecule has 1 N–H and O–H groups in total. The highest BCUT2D eigenvalue weighted by atomic mass is 16.3. The van der Waals surface area contributed by atoms with Gasteiger partial charge in [-0.15, -0.1) is 0 Å². The summed E-state index contributed by atoms with van der Waals surface area (Å²) in [5.74, 6) is 1.12. The first-order valence-electron chi connectivity index (χ1n) is 4.81. The summed E-state index contributed by atoms with van der Waals surface area (Å²) in [5.41, 5.74) is 0. The molecule has 0 fully saturated rings. The van der Waals surface area contributed by atoms with E-state index in [0.29, 0.717) is 11.8 Å². The quantitative estimate of drug-likeness (QED) is 0.652. The van der Waals surface area contributed by atoms with E-state index in [1.165, 1.54) is 6.42 Å². The van der Waals surface area contributed by atoms with Crippen LogP contribution >= 0.6 is 0 Å². The van der Waals surface area contributed by atoms with E-state index in [0.717, 1.165) is 12.8 Å². The fraction of sp³-hybridized carbons (Fsp3) is 1.00. The highest BCUT2D eigenvalue weighted by molar-refractivity contribution is 4.70. The molecule has 0 bridgehead atoms. The van der Waals surface area contributed by atoms with Gasteiger partial charge in [0.2, 0.25) is 0 Å². The van der Waals surface area contributed by atoms with Gasteiger partial charge in [0, 0.05) is 0 Å². The number of aliphatic hydroxyl groups excluding tert-OH is 1. The van der Waals surface area contributed by atoms with Gasteiger partial charge in [-0.1, -0.05) is 34.1 Å². The summed E-state index contributed by atoms with van der Waals surface area (Å²) in [6, 6.07) is 0. The highest BCUT2D eigenvalue weighted by Crippen LogP contribution is 2.22. The number of aliphatic hydroxyl groups is 1. The van der Waals surface area contributed by atoms with Gasteiger partial charge in [-0.05, 0) is 24.7 Å². The van der Waals surface area contributed by atoms with Crippen LogP contribution < -0.4 is 0 Å². The molecule has 0 aromatic heterocycles. The summed E-state index contributed by atoms with van der Waals surface area (Å²) in [6.45, 7) is 8.62. The van der Waals surface area contributed by atoms with E-state index in [9.17, 15) is 5.11 Å². The van der Waals surface area contributed by atoms with Gasteiger partial charge in [-0.25, -0.2) is 0 Å². The maximum Gasteiger partial charge on any atom is 0.0568 e. The molecule has 68 valence electrons. The zero-order valence-electron chi connectivity index (χ0n) is 8.30. The van der Waals surface area contributed by atoms with E-state index < -0.39 is 0 Å². The van der Waals surface area contributed by atoms with Crippen LogP contribution in [0.25, 0.3) is 0 Å². The fourth-order valence-corrected chi connectivity index (χ4v) is 1.61. The van der Waals surface area contributed by atoms with Crippen molar-refractivity contribution in [2.45, 2.75) is 53.1 Å². The smallest absolute Gasteiger partial charge is 0.0568 e. The highest BCUT2D eigenvalue weighted by Gasteiger charge is 2.19. The van der Waals surface area contributed by atoms with E-state index in [1.54, 1.807) is 0 Å². The van der Waals surface area contributed by atoms with E-state index in [2.05, 4.69) is 27.7 Å². The first-order valence-corrected chi connectivity index (χ1v) is 4.81. The van der Waals surface area contributed by atoms with E-state index in [-0.39, 0.29) is 6.10 Å². The SMILES string of the molecule is CCCC(C(C)C)C(O)CC. The summed E-state index contributed by atoms with van der Waals surface area (Å²) >= 11 is 0. The number of hydrogen-bond acceptors (Lipinski definition) is 1. The Labute approximate surface area is 70.8 Å². The van der Waals surface area contributed by atoms with Crippen molar-refractivity contribution in [3.63, 3.8) is 0 Å². The minimum atomic E-state index is -0.0880. The molecule has 0 saturated carbocycles. The standard InChI is InChI=1S/C10H22O/c1-5-7-9(8(3)4)10(11)6-2/h8-11H,5-7H2,1-4H3. The third-order valence-electron chi connectivity index (χ3n) is 2.39. The topological polar surface area (TPSA) is 20.2 Å². The predicted molar refractivity (Wildman–Crippen MR) is 49.5 cm³/mol. The van der Waals surface area contributed by atoms with Crippen molar-refractivity contribution < 1.29 is 5.11 Å². The van der Waals surface area contributed by atoms with Gasteiger partial charge in [0.05, 0.1) is 6.10 Å². The molecule has 0 amide bonds. The maximum atomic E-state index is 9.62. The van der Waals surface area contributed by atoms with Gasteiger partial charge in [0.1, 0.15) is 0 Å². The molecule has 0 rings (SSSR count). The molecule has 2 unspecified atom stereocenters. The summed E-state index contributed by atoms with van der Waals surface area (Å²) in [4.78, 5) is 0. The Kier molecular flexibility index (Phi) is 5.57. The van der Waals surface area contributed by atoms with Crippen molar-refractivity contribution in [1.29, 1.82) is 0 Å². The lowest BCUT2D eigenvalue weighted by atomic mass is 9.85. The molecule has 11 heavy (non-hydrogen) atoms. The first-order chi connectivity index (χ1) is 5.13. The molecule has 0 aliphatic carbocycles. The van der Waals surface area contributed by atoms with Crippen LogP contribution in [0.2, 0.25) is 0 Å². The van der Waals surface area contributed by atoms with Crippen molar-refractivity contribution in [3.8, 4) is 0 Å². The van der Waals surface area contributed by atoms with E-state index in [1.807, 2.05) is 0 Å². The Balaban J connectivity index is 3.87. The average molecular weight is 158 g/mol. The Morgan fingerprint density at radius 2 is 1.73 bits per heavy atom. The van der Waals surface area contributed by atoms with Crippen molar-refractivity contribution in [3.05, 3.63) is 0 Å². The molecule has 0 saturated heterocycles. The lowest BCUT2D eigenvalue weighted by Crippen LogP contribution is -2.24. The van der Waals surface area contributed by atoms with Gasteiger partial charge in [0.25, 0.3) is 0 Å². The third kappa shape index (κ3) is 3.76. The van der Waals surface area contributed by atoms with Crippen LogP contribution in [-0.2, 0) is 0 Å². The van der Waals surface area contributed by atoms with Crippen LogP contribution in [0.1, 0.15) is 47.0 Å². The molecule has 0 spiro atoms. The second-order valence-electron chi connectivity index (χ2n) is 3.67. The maximum absolute atomic E-state index is 9.62. The van der Waals surface area contributed by atoms with Crippen LogP contribution in [-0.4, -0.2) is 11.2 Å². The molecule has 1 heteroatoms. The van der Waals surface area contributed by atoms with Crippen molar-refractivity contribution in [2.75, 3.05) is 0 Å². The van der Waals surface area contributed by atoms with Crippen LogP contribution in [0.5, 0.6) is 0 Å². The summed E-state index contributed by atoms with van der Waals surface area (Å²) < 4.78 is 0. The average Bonchev–Trinajstić information content (AvgIpc) is 1.98. The molecular weight excluding hydrogens is 136 g/mol. The lowest BCUT2D eigenvalue weighted by molar-refractivity contribution is 0.0722. The predicted octanol–water partition coefficient (Wildman–Crippen LogP) is 2.83. The van der Waals surface area contributed by atoms with Gasteiger partial charge in [-0.3, -0.25) is 0 Å². The molecule has 0 aromatic rings. The molecule has 0 radical (unpaired) electrons. The summed E-state index contributed by atoms with van der Waals surface area (Å²) in [7, 11) is 0. The van der Waals surface area contributed by atoms with E-state index in [4.69, 9.17) is 0 Å². The van der Waals surface area contributed by atoms with Crippen molar-refractivity contribution in [1.82, 2.24) is 0 Å². The fourth-order valence-electron chi connectivity index (χ4n) is 1.61. The molecule has 0 aliphatic rings. The van der Waals surface area contributed by atoms with Gasteiger partial charge in [-0.2, -0.15) is 0 Å². The second-order valence-corrected chi connectivity index (χ2v) is 3.67. The van der Waals surface area contributed by atoms with Gasteiger partial charge < -0.3 is 5.11 Å². The van der Waals surface area contributed by atoms with E-state index >= 15 is 0 Å². The largest absolute Gasteiger partial charge is 0.393 e. The van der Waals surface area contributed by atoms with Crippen LogP contribution in [0.3, 0.4) is 0 Å². The molecule has 0 heterocycles. The van der Waals surface area contributed by atoms with Crippen LogP contribution in [0.4, 0.5) is 0 Å². The zero-order chi connectivity index (χ0) is 8.85. The molecule has 0 aliphatic heterocycles. The zero-order valence-corrected chi connectivity index (χ0v) is 8.30. The minimum Gasteiger partial charge on any atom is -0.393 e. The molecule has 0 aromatic carbocycles. The minimum absolute atomic E-state index is 0.0880. The Hall–Kier alpha value is -0.0400. The number of hydrogen-bond donors (Lipinski definition) is 1. The Morgan fingerprint density at radius 1 is 1.18 bits per heavy atom. The molecule has 1 nitrogen and oxygen atoms in total. The molecule has 2 atom stereocenters. The Bertz CT molecular complexity index is 88.9. The Morgan fingerprint density at radius 3 is 2.00 bits per heavy atom. The number of rotatable bonds is 5. The third-order valence-corrected chi connectivity index (χ3v) is 2.39. The van der Waals surface area contributed by atoms with Crippen LogP contribution in [0.15, 0.2) is 0 Å². The summed E-state index contributed by atoms with van der Waals surface area (Å²) in [5, 5.41) is 9.62. The van der Waals surface area contributed by atoms with Crippen molar-refractivity contribution >= 4 is 0 Å². The molecular formula is C10H22O. The van der Waals surface area contributed by atoms with Gasteiger partial charge >= 0.3 is 0 Å². The lowest BCUT2D eigenvalue weighted by Gasteiger charge is -2.24. The summed E-state index contributed by atoms with van der Waals surface area (Å²) in [6.07, 6.45) is 3.14. The normalized spacial score (nSPS) is 16.9. The second kappa shape index (κ2) is 5.59.